The zero-order chi connectivity index (χ0) is 11.7. The Bertz CT molecular complexity index is 537. The lowest BCUT2D eigenvalue weighted by Crippen LogP contribution is -1.96. The Morgan fingerprint density at radius 3 is 2.62 bits per heavy atom. The smallest absolute Gasteiger partial charge is 0.162 e. The van der Waals surface area contributed by atoms with Gasteiger partial charge in [0.25, 0.3) is 0 Å². The number of hydrogen-bond donors (Lipinski definition) is 0. The third kappa shape index (κ3) is 1.64. The van der Waals surface area contributed by atoms with Crippen molar-refractivity contribution in [3.05, 3.63) is 35.5 Å². The van der Waals surface area contributed by atoms with E-state index in [0.29, 0.717) is 6.42 Å². The summed E-state index contributed by atoms with van der Waals surface area (Å²) in [4.78, 5) is 11.6. The number of benzene rings is 1. The molecule has 1 aromatic carbocycles. The molecule has 84 valence electrons. The lowest BCUT2D eigenvalue weighted by atomic mass is 10.1. The number of carbonyl (C=O) groups is 1. The maximum Gasteiger partial charge on any atom is 0.162 e. The minimum atomic E-state index is 0.212. The van der Waals surface area contributed by atoms with E-state index in [1.54, 1.807) is 0 Å². The van der Waals surface area contributed by atoms with E-state index in [1.807, 2.05) is 25.1 Å². The van der Waals surface area contributed by atoms with Crippen molar-refractivity contribution in [1.29, 1.82) is 0 Å². The molecule has 2 aromatic rings. The summed E-state index contributed by atoms with van der Waals surface area (Å²) in [5.41, 5.74) is 3.32. The first-order chi connectivity index (χ1) is 7.67. The number of ketones is 1. The van der Waals surface area contributed by atoms with E-state index >= 15 is 0 Å². The molecule has 0 aliphatic heterocycles. The molecular weight excluding hydrogens is 198 g/mol. The van der Waals surface area contributed by atoms with Crippen molar-refractivity contribution in [2.75, 3.05) is 0 Å². The number of carbonyl (C=O) groups excluding carboxylic acids is 1. The molecule has 2 rings (SSSR count). The predicted molar refractivity (Wildman–Crippen MR) is 66.9 cm³/mol. The molecule has 0 N–H and O–H groups in total. The van der Waals surface area contributed by atoms with Gasteiger partial charge in [0.1, 0.15) is 0 Å². The van der Waals surface area contributed by atoms with Crippen molar-refractivity contribution in [1.82, 2.24) is 4.57 Å². The number of Topliss-reactive ketones (excluding diaryl/α,β-unsaturated/α-hetero) is 1. The molecule has 0 unspecified atom stereocenters. The first-order valence-electron chi connectivity index (χ1n) is 5.79. The molecule has 0 saturated heterocycles. The molecule has 2 heteroatoms. The van der Waals surface area contributed by atoms with Crippen molar-refractivity contribution < 1.29 is 4.79 Å². The van der Waals surface area contributed by atoms with Crippen LogP contribution in [-0.2, 0) is 13.5 Å². The van der Waals surface area contributed by atoms with E-state index in [1.165, 1.54) is 16.6 Å². The highest BCUT2D eigenvalue weighted by Crippen LogP contribution is 2.21. The lowest BCUT2D eigenvalue weighted by molar-refractivity contribution is 0.0988. The maximum atomic E-state index is 11.6. The van der Waals surface area contributed by atoms with E-state index in [4.69, 9.17) is 0 Å². The molecular formula is C14H17NO. The Hall–Kier alpha value is -1.57. The second kappa shape index (κ2) is 4.12. The first-order valence-corrected chi connectivity index (χ1v) is 5.79. The molecule has 0 amide bonds. The molecule has 2 nitrogen and oxygen atoms in total. The molecule has 0 bridgehead atoms. The molecule has 0 radical (unpaired) electrons. The summed E-state index contributed by atoms with van der Waals surface area (Å²) < 4.78 is 2.19. The van der Waals surface area contributed by atoms with Crippen LogP contribution in [0.15, 0.2) is 24.3 Å². The second-order valence-corrected chi connectivity index (χ2v) is 4.10. The Morgan fingerprint density at radius 2 is 2.00 bits per heavy atom. The van der Waals surface area contributed by atoms with Crippen LogP contribution in [-0.4, -0.2) is 10.4 Å². The number of rotatable bonds is 3. The van der Waals surface area contributed by atoms with Gasteiger partial charge in [-0.05, 0) is 30.7 Å². The number of aryl methyl sites for hydroxylation is 2. The van der Waals surface area contributed by atoms with E-state index in [-0.39, 0.29) is 5.78 Å². The monoisotopic (exact) mass is 215 g/mol. The Balaban J connectivity index is 2.59. The number of hydrogen-bond acceptors (Lipinski definition) is 1. The van der Waals surface area contributed by atoms with Gasteiger partial charge in [-0.25, -0.2) is 0 Å². The van der Waals surface area contributed by atoms with Crippen LogP contribution in [0.1, 0.15) is 36.3 Å². The first kappa shape index (κ1) is 10.9. The molecule has 1 aromatic heterocycles. The normalized spacial score (nSPS) is 10.9. The molecule has 1 heterocycles. The van der Waals surface area contributed by atoms with Gasteiger partial charge < -0.3 is 4.57 Å². The van der Waals surface area contributed by atoms with Crippen molar-refractivity contribution in [2.24, 2.45) is 7.05 Å². The summed E-state index contributed by atoms with van der Waals surface area (Å²) in [7, 11) is 2.07. The fourth-order valence-corrected chi connectivity index (χ4v) is 2.12. The van der Waals surface area contributed by atoms with Gasteiger partial charge in [-0.2, -0.15) is 0 Å². The third-order valence-corrected chi connectivity index (χ3v) is 3.15. The van der Waals surface area contributed by atoms with Crippen molar-refractivity contribution >= 4 is 16.7 Å². The lowest BCUT2D eigenvalue weighted by Gasteiger charge is -2.01. The van der Waals surface area contributed by atoms with Crippen molar-refractivity contribution in [3.8, 4) is 0 Å². The van der Waals surface area contributed by atoms with E-state index in [2.05, 4.69) is 24.6 Å². The van der Waals surface area contributed by atoms with Gasteiger partial charge in [0.15, 0.2) is 5.78 Å². The zero-order valence-corrected chi connectivity index (χ0v) is 10.1. The average Bonchev–Trinajstić information content (AvgIpc) is 2.64. The van der Waals surface area contributed by atoms with Crippen LogP contribution in [0.2, 0.25) is 0 Å². The Labute approximate surface area is 95.9 Å². The number of aromatic nitrogens is 1. The van der Waals surface area contributed by atoms with E-state index < -0.39 is 0 Å². The Morgan fingerprint density at radius 1 is 1.25 bits per heavy atom. The largest absolute Gasteiger partial charge is 0.348 e. The predicted octanol–water partition coefficient (Wildman–Crippen LogP) is 3.33. The SMILES string of the molecule is CCC(=O)c1ccc2c(c1)cc(CC)n2C. The van der Waals surface area contributed by atoms with Crippen LogP contribution in [0, 0.1) is 0 Å². The molecule has 0 saturated carbocycles. The highest BCUT2D eigenvalue weighted by Gasteiger charge is 2.07. The van der Waals surface area contributed by atoms with Gasteiger partial charge in [-0.1, -0.05) is 13.8 Å². The van der Waals surface area contributed by atoms with Gasteiger partial charge in [0, 0.05) is 35.6 Å². The summed E-state index contributed by atoms with van der Waals surface area (Å²) in [5.74, 6) is 0.212. The van der Waals surface area contributed by atoms with Crippen LogP contribution < -0.4 is 0 Å². The molecule has 0 atom stereocenters. The highest BCUT2D eigenvalue weighted by atomic mass is 16.1. The third-order valence-electron chi connectivity index (χ3n) is 3.15. The molecule has 0 spiro atoms. The van der Waals surface area contributed by atoms with Crippen molar-refractivity contribution in [3.63, 3.8) is 0 Å². The van der Waals surface area contributed by atoms with Crippen LogP contribution >= 0.6 is 0 Å². The van der Waals surface area contributed by atoms with Gasteiger partial charge in [0.2, 0.25) is 0 Å². The molecule has 0 fully saturated rings. The van der Waals surface area contributed by atoms with Crippen LogP contribution in [0.4, 0.5) is 0 Å². The number of fused-ring (bicyclic) bond motifs is 1. The van der Waals surface area contributed by atoms with Gasteiger partial charge >= 0.3 is 0 Å². The van der Waals surface area contributed by atoms with Gasteiger partial charge in [0.05, 0.1) is 0 Å². The van der Waals surface area contributed by atoms with Crippen LogP contribution in [0.25, 0.3) is 10.9 Å². The topological polar surface area (TPSA) is 22.0 Å². The summed E-state index contributed by atoms with van der Waals surface area (Å²) in [6.07, 6.45) is 1.58. The van der Waals surface area contributed by atoms with Crippen LogP contribution in [0.3, 0.4) is 0 Å². The molecule has 0 aliphatic carbocycles. The summed E-state index contributed by atoms with van der Waals surface area (Å²) in [6, 6.07) is 8.13. The van der Waals surface area contributed by atoms with Crippen LogP contribution in [0.5, 0.6) is 0 Å². The highest BCUT2D eigenvalue weighted by molar-refractivity contribution is 5.99. The average molecular weight is 215 g/mol. The number of nitrogens with zero attached hydrogens (tertiary/aromatic N) is 1. The van der Waals surface area contributed by atoms with E-state index in [0.717, 1.165) is 12.0 Å². The van der Waals surface area contributed by atoms with Crippen molar-refractivity contribution in [2.45, 2.75) is 26.7 Å². The fourth-order valence-electron chi connectivity index (χ4n) is 2.12. The standard InChI is InChI=1S/C14H17NO/c1-4-12-9-11-8-10(14(16)5-2)6-7-13(11)15(12)3/h6-9H,4-5H2,1-3H3. The summed E-state index contributed by atoms with van der Waals surface area (Å²) in [6.45, 7) is 4.04. The second-order valence-electron chi connectivity index (χ2n) is 4.10. The Kier molecular flexibility index (Phi) is 2.82. The zero-order valence-electron chi connectivity index (χ0n) is 10.1. The van der Waals surface area contributed by atoms with E-state index in [9.17, 15) is 4.79 Å². The fraction of sp³-hybridized carbons (Fsp3) is 0.357. The minimum Gasteiger partial charge on any atom is -0.348 e. The maximum absolute atomic E-state index is 11.6. The minimum absolute atomic E-state index is 0.212. The summed E-state index contributed by atoms with van der Waals surface area (Å²) in [5, 5.41) is 1.17. The van der Waals surface area contributed by atoms with Gasteiger partial charge in [-0.3, -0.25) is 4.79 Å². The van der Waals surface area contributed by atoms with Gasteiger partial charge in [-0.15, -0.1) is 0 Å². The quantitative estimate of drug-likeness (QED) is 0.720. The molecule has 0 aliphatic rings. The summed E-state index contributed by atoms with van der Waals surface area (Å²) >= 11 is 0. The molecule has 16 heavy (non-hydrogen) atoms.